The molecular formula is C21H23N3O2. The monoisotopic (exact) mass is 349 g/mol. The van der Waals surface area contributed by atoms with Gasteiger partial charge in [-0.3, -0.25) is 9.80 Å². The molecule has 2 aromatic rings. The standard InChI is InChI=1S/C21H23N3O2/c1-14-10-12-23(20-18(14)4-3-5-19(20)25)21(26)16-6-8-17(9-7-16)24-13-11-15(2)22-24/h3-9,14,25H,10-13H2,1-2H3. The van der Waals surface area contributed by atoms with Crippen molar-refractivity contribution in [3.8, 4) is 5.75 Å². The van der Waals surface area contributed by atoms with Gasteiger partial charge in [-0.15, -0.1) is 0 Å². The average molecular weight is 349 g/mol. The minimum absolute atomic E-state index is 0.0766. The predicted octanol–water partition coefficient (Wildman–Crippen LogP) is 4.13. The van der Waals surface area contributed by atoms with Gasteiger partial charge in [-0.25, -0.2) is 0 Å². The van der Waals surface area contributed by atoms with Crippen LogP contribution >= 0.6 is 0 Å². The highest BCUT2D eigenvalue weighted by atomic mass is 16.3. The van der Waals surface area contributed by atoms with Crippen LogP contribution in [0.2, 0.25) is 0 Å². The summed E-state index contributed by atoms with van der Waals surface area (Å²) in [6, 6.07) is 13.0. The van der Waals surface area contributed by atoms with E-state index in [0.29, 0.717) is 23.7 Å². The lowest BCUT2D eigenvalue weighted by Gasteiger charge is -2.33. The molecular weight excluding hydrogens is 326 g/mol. The quantitative estimate of drug-likeness (QED) is 0.887. The van der Waals surface area contributed by atoms with Gasteiger partial charge in [0.25, 0.3) is 5.91 Å². The Balaban J connectivity index is 1.62. The molecule has 2 heterocycles. The van der Waals surface area contributed by atoms with Gasteiger partial charge in [0.05, 0.1) is 11.4 Å². The summed E-state index contributed by atoms with van der Waals surface area (Å²) >= 11 is 0. The SMILES string of the molecule is CC1=NN(c2ccc(C(=O)N3CCC(C)c4cccc(O)c43)cc2)CC1. The summed E-state index contributed by atoms with van der Waals surface area (Å²) in [4.78, 5) is 14.8. The number of aromatic hydroxyl groups is 1. The number of phenols is 1. The third-order valence-corrected chi connectivity index (χ3v) is 5.27. The minimum atomic E-state index is -0.0766. The van der Waals surface area contributed by atoms with E-state index in [1.807, 2.05) is 48.3 Å². The van der Waals surface area contributed by atoms with Crippen molar-refractivity contribution in [2.75, 3.05) is 23.0 Å². The third-order valence-electron chi connectivity index (χ3n) is 5.27. The molecule has 1 N–H and O–H groups in total. The van der Waals surface area contributed by atoms with Crippen molar-refractivity contribution in [2.45, 2.75) is 32.6 Å². The number of para-hydroxylation sites is 1. The lowest BCUT2D eigenvalue weighted by molar-refractivity contribution is 0.0983. The molecule has 0 spiro atoms. The zero-order valence-electron chi connectivity index (χ0n) is 15.1. The average Bonchev–Trinajstić information content (AvgIpc) is 3.09. The Bertz CT molecular complexity index is 873. The zero-order chi connectivity index (χ0) is 18.3. The second-order valence-corrected chi connectivity index (χ2v) is 7.12. The summed E-state index contributed by atoms with van der Waals surface area (Å²) in [5.41, 5.74) is 4.43. The Morgan fingerprint density at radius 1 is 1.15 bits per heavy atom. The Morgan fingerprint density at radius 3 is 2.62 bits per heavy atom. The van der Waals surface area contributed by atoms with Crippen molar-refractivity contribution in [3.05, 3.63) is 53.6 Å². The van der Waals surface area contributed by atoms with Gasteiger partial charge in [0.15, 0.2) is 0 Å². The fraction of sp³-hybridized carbons (Fsp3) is 0.333. The van der Waals surface area contributed by atoms with Crippen LogP contribution in [0.4, 0.5) is 11.4 Å². The molecule has 0 fully saturated rings. The highest BCUT2D eigenvalue weighted by Crippen LogP contribution is 2.41. The smallest absolute Gasteiger partial charge is 0.258 e. The van der Waals surface area contributed by atoms with Crippen LogP contribution in [-0.4, -0.2) is 29.8 Å². The fourth-order valence-electron chi connectivity index (χ4n) is 3.73. The molecule has 26 heavy (non-hydrogen) atoms. The number of phenolic OH excluding ortho intramolecular Hbond substituents is 1. The van der Waals surface area contributed by atoms with Crippen LogP contribution in [-0.2, 0) is 0 Å². The summed E-state index contributed by atoms with van der Waals surface area (Å²) in [6.45, 7) is 5.65. The van der Waals surface area contributed by atoms with E-state index in [-0.39, 0.29) is 11.7 Å². The number of amides is 1. The minimum Gasteiger partial charge on any atom is -0.506 e. The van der Waals surface area contributed by atoms with E-state index in [1.165, 1.54) is 0 Å². The molecule has 4 rings (SSSR count). The Kier molecular flexibility index (Phi) is 4.15. The Labute approximate surface area is 153 Å². The number of benzene rings is 2. The Hall–Kier alpha value is -2.82. The van der Waals surface area contributed by atoms with E-state index in [9.17, 15) is 9.90 Å². The summed E-state index contributed by atoms with van der Waals surface area (Å²) in [7, 11) is 0. The Morgan fingerprint density at radius 2 is 1.92 bits per heavy atom. The van der Waals surface area contributed by atoms with Crippen molar-refractivity contribution in [1.82, 2.24) is 0 Å². The van der Waals surface area contributed by atoms with Crippen LogP contribution < -0.4 is 9.91 Å². The first-order valence-corrected chi connectivity index (χ1v) is 9.10. The van der Waals surface area contributed by atoms with Crippen molar-refractivity contribution in [1.29, 1.82) is 0 Å². The predicted molar refractivity (Wildman–Crippen MR) is 104 cm³/mol. The third kappa shape index (κ3) is 2.83. The van der Waals surface area contributed by atoms with E-state index < -0.39 is 0 Å². The molecule has 5 nitrogen and oxygen atoms in total. The van der Waals surface area contributed by atoms with Gasteiger partial charge < -0.3 is 10.0 Å². The van der Waals surface area contributed by atoms with E-state index in [1.54, 1.807) is 11.0 Å². The summed E-state index contributed by atoms with van der Waals surface area (Å²) < 4.78 is 0. The molecule has 0 saturated heterocycles. The molecule has 2 aromatic carbocycles. The van der Waals surface area contributed by atoms with Crippen molar-refractivity contribution < 1.29 is 9.90 Å². The van der Waals surface area contributed by atoms with Crippen LogP contribution in [0, 0.1) is 0 Å². The molecule has 0 saturated carbocycles. The summed E-state index contributed by atoms with van der Waals surface area (Å²) in [6.07, 6.45) is 1.87. The normalized spacial score (nSPS) is 19.3. The first kappa shape index (κ1) is 16.6. The number of nitrogens with zero attached hydrogens (tertiary/aromatic N) is 3. The molecule has 2 aliphatic rings. The highest BCUT2D eigenvalue weighted by Gasteiger charge is 2.29. The number of fused-ring (bicyclic) bond motifs is 1. The second-order valence-electron chi connectivity index (χ2n) is 7.12. The molecule has 1 amide bonds. The first-order valence-electron chi connectivity index (χ1n) is 9.10. The number of carbonyl (C=O) groups excluding carboxylic acids is 1. The van der Waals surface area contributed by atoms with E-state index in [2.05, 4.69) is 12.0 Å². The van der Waals surface area contributed by atoms with Crippen LogP contribution in [0.25, 0.3) is 0 Å². The van der Waals surface area contributed by atoms with Crippen LogP contribution in [0.3, 0.4) is 0 Å². The number of hydrazone groups is 1. The number of hydrogen-bond donors (Lipinski definition) is 1. The van der Waals surface area contributed by atoms with Gasteiger partial charge in [0.1, 0.15) is 5.75 Å². The summed E-state index contributed by atoms with van der Waals surface area (Å²) in [5.74, 6) is 0.424. The fourth-order valence-corrected chi connectivity index (χ4v) is 3.73. The van der Waals surface area contributed by atoms with Crippen molar-refractivity contribution >= 4 is 23.0 Å². The number of rotatable bonds is 2. The van der Waals surface area contributed by atoms with E-state index in [0.717, 1.165) is 36.3 Å². The van der Waals surface area contributed by atoms with Crippen LogP contribution in [0.5, 0.6) is 5.75 Å². The maximum absolute atomic E-state index is 13.1. The maximum Gasteiger partial charge on any atom is 0.258 e. The molecule has 0 aromatic heterocycles. The largest absolute Gasteiger partial charge is 0.506 e. The lowest BCUT2D eigenvalue weighted by atomic mass is 9.90. The number of carbonyl (C=O) groups is 1. The first-order chi connectivity index (χ1) is 12.5. The van der Waals surface area contributed by atoms with E-state index in [4.69, 9.17) is 0 Å². The molecule has 134 valence electrons. The van der Waals surface area contributed by atoms with Gasteiger partial charge >= 0.3 is 0 Å². The number of hydrogen-bond acceptors (Lipinski definition) is 4. The van der Waals surface area contributed by atoms with Gasteiger partial charge in [-0.05, 0) is 55.2 Å². The summed E-state index contributed by atoms with van der Waals surface area (Å²) in [5, 5.41) is 16.8. The molecule has 5 heteroatoms. The van der Waals surface area contributed by atoms with Gasteiger partial charge in [0, 0.05) is 30.8 Å². The van der Waals surface area contributed by atoms with Gasteiger partial charge in [-0.2, -0.15) is 5.10 Å². The highest BCUT2D eigenvalue weighted by molar-refractivity contribution is 6.07. The molecule has 2 aliphatic heterocycles. The maximum atomic E-state index is 13.1. The molecule has 0 radical (unpaired) electrons. The second kappa shape index (κ2) is 6.48. The lowest BCUT2D eigenvalue weighted by Crippen LogP contribution is -2.36. The van der Waals surface area contributed by atoms with Crippen LogP contribution in [0.15, 0.2) is 47.6 Å². The molecule has 1 atom stereocenters. The van der Waals surface area contributed by atoms with Crippen molar-refractivity contribution in [3.63, 3.8) is 0 Å². The zero-order valence-corrected chi connectivity index (χ0v) is 15.1. The number of anilines is 2. The topological polar surface area (TPSA) is 56.1 Å². The van der Waals surface area contributed by atoms with Crippen LogP contribution in [0.1, 0.15) is 48.5 Å². The van der Waals surface area contributed by atoms with Crippen molar-refractivity contribution in [2.24, 2.45) is 5.10 Å². The molecule has 0 bridgehead atoms. The van der Waals surface area contributed by atoms with Gasteiger partial charge in [0.2, 0.25) is 0 Å². The van der Waals surface area contributed by atoms with Gasteiger partial charge in [-0.1, -0.05) is 19.1 Å². The molecule has 1 unspecified atom stereocenters. The molecule has 0 aliphatic carbocycles. The van der Waals surface area contributed by atoms with E-state index >= 15 is 0 Å².